The first-order chi connectivity index (χ1) is 16.9. The number of benzene rings is 1. The molecule has 1 N–H and O–H groups in total. The maximum atomic E-state index is 13.2. The largest absolute Gasteiger partial charge is 0.497 e. The van der Waals surface area contributed by atoms with E-state index in [1.807, 2.05) is 4.90 Å². The van der Waals surface area contributed by atoms with Gasteiger partial charge in [-0.25, -0.2) is 4.39 Å². The Balaban J connectivity index is 1.41. The molecule has 1 aliphatic rings. The Morgan fingerprint density at radius 1 is 1.37 bits per heavy atom. The highest BCUT2D eigenvalue weighted by molar-refractivity contribution is 7.10. The Labute approximate surface area is 211 Å². The number of fused-ring (bicyclic) bond motifs is 1. The summed E-state index contributed by atoms with van der Waals surface area (Å²) in [4.78, 5) is 32.1. The second-order valence-electron chi connectivity index (χ2n) is 8.49. The summed E-state index contributed by atoms with van der Waals surface area (Å²) in [6.07, 6.45) is 2.76. The maximum Gasteiger partial charge on any atom is 0.308 e. The Bertz CT molecular complexity index is 1320. The number of thiophene rings is 1. The monoisotopic (exact) mass is 514 g/mol. The molecule has 0 amide bonds. The van der Waals surface area contributed by atoms with Crippen LogP contribution < -0.4 is 4.74 Å². The molecule has 2 aromatic heterocycles. The number of Topliss-reactive ketones (excluding diaryl/α,β-unsaturated/α-hetero) is 1. The molecule has 1 aromatic carbocycles. The van der Waals surface area contributed by atoms with Crippen LogP contribution in [0.3, 0.4) is 0 Å². The van der Waals surface area contributed by atoms with E-state index >= 15 is 0 Å². The Kier molecular flexibility index (Phi) is 8.01. The number of carbonyl (C=O) groups excluding carboxylic acids is 1. The van der Waals surface area contributed by atoms with Crippen LogP contribution in [0.2, 0.25) is 5.02 Å². The predicted molar refractivity (Wildman–Crippen MR) is 134 cm³/mol. The summed E-state index contributed by atoms with van der Waals surface area (Å²) in [7, 11) is 1.55. The Morgan fingerprint density at radius 3 is 2.91 bits per heavy atom. The van der Waals surface area contributed by atoms with Gasteiger partial charge in [0.2, 0.25) is 0 Å². The van der Waals surface area contributed by atoms with Crippen LogP contribution in [0.25, 0.3) is 10.9 Å². The third-order valence-corrected chi connectivity index (χ3v) is 7.39. The number of ether oxygens (including phenoxy) is 1. The number of likely N-dealkylation sites (tertiary alicyclic amines) is 1. The molecule has 0 radical (unpaired) electrons. The van der Waals surface area contributed by atoms with E-state index in [2.05, 4.69) is 16.8 Å². The first-order valence-corrected chi connectivity index (χ1v) is 12.4. The molecule has 9 heteroatoms. The SMILES string of the molecule is COc1ccc2ncc(Cl)c(C(=O)CCC3CCN(CC#Cc4cc(F)cs4)CC3C(=O)O)c2c1. The molecule has 0 spiro atoms. The van der Waals surface area contributed by atoms with Gasteiger partial charge >= 0.3 is 5.97 Å². The number of hydrogen-bond donors (Lipinski definition) is 1. The van der Waals surface area contributed by atoms with Crippen molar-refractivity contribution in [1.29, 1.82) is 0 Å². The standard InChI is InChI=1S/C26H24ClFN2O4S/c1-34-18-5-6-23-20(12-18)25(22(27)13-29-23)24(31)7-4-16-8-10-30(14-21(16)26(32)33)9-2-3-19-11-17(28)15-35-19/h5-6,11-13,15-16,21H,4,7-10,14H2,1H3,(H,32,33). The fourth-order valence-electron chi connectivity index (χ4n) is 4.45. The van der Waals surface area contributed by atoms with Crippen molar-refractivity contribution in [2.45, 2.75) is 19.3 Å². The number of hydrogen-bond acceptors (Lipinski definition) is 6. The van der Waals surface area contributed by atoms with Gasteiger partial charge < -0.3 is 9.84 Å². The van der Waals surface area contributed by atoms with Crippen molar-refractivity contribution in [2.75, 3.05) is 26.7 Å². The summed E-state index contributed by atoms with van der Waals surface area (Å²) in [5.41, 5.74) is 1.03. The highest BCUT2D eigenvalue weighted by Gasteiger charge is 2.34. The fraction of sp³-hybridized carbons (Fsp3) is 0.346. The average Bonchev–Trinajstić information content (AvgIpc) is 3.27. The smallest absolute Gasteiger partial charge is 0.308 e. The predicted octanol–water partition coefficient (Wildman–Crippen LogP) is 5.13. The van der Waals surface area contributed by atoms with Crippen LogP contribution in [0, 0.1) is 29.5 Å². The third-order valence-electron chi connectivity index (χ3n) is 6.29. The van der Waals surface area contributed by atoms with Gasteiger partial charge in [-0.15, -0.1) is 11.3 Å². The van der Waals surface area contributed by atoms with E-state index in [1.165, 1.54) is 29.0 Å². The van der Waals surface area contributed by atoms with E-state index in [0.29, 0.717) is 59.6 Å². The lowest BCUT2D eigenvalue weighted by Crippen LogP contribution is -2.44. The molecular formula is C26H24ClFN2O4S. The molecule has 4 rings (SSSR count). The summed E-state index contributed by atoms with van der Waals surface area (Å²) in [5.74, 6) is 4.48. The molecule has 1 aliphatic heterocycles. The normalized spacial score (nSPS) is 18.1. The second kappa shape index (κ2) is 11.2. The molecule has 35 heavy (non-hydrogen) atoms. The van der Waals surface area contributed by atoms with Crippen molar-refractivity contribution in [3.63, 3.8) is 0 Å². The van der Waals surface area contributed by atoms with Crippen molar-refractivity contribution >= 4 is 45.6 Å². The fourth-order valence-corrected chi connectivity index (χ4v) is 5.33. The van der Waals surface area contributed by atoms with Crippen molar-refractivity contribution in [2.24, 2.45) is 11.8 Å². The van der Waals surface area contributed by atoms with Crippen LogP contribution in [0.4, 0.5) is 4.39 Å². The number of nitrogens with zero attached hydrogens (tertiary/aromatic N) is 2. The van der Waals surface area contributed by atoms with Gasteiger partial charge in [-0.2, -0.15) is 0 Å². The number of piperidine rings is 1. The minimum absolute atomic E-state index is 0.131. The van der Waals surface area contributed by atoms with E-state index in [1.54, 1.807) is 25.3 Å². The Hall–Kier alpha value is -2.99. The summed E-state index contributed by atoms with van der Waals surface area (Å²) < 4.78 is 18.4. The minimum Gasteiger partial charge on any atom is -0.497 e. The first-order valence-electron chi connectivity index (χ1n) is 11.2. The number of carboxylic acids is 1. The molecular weight excluding hydrogens is 491 g/mol. The van der Waals surface area contributed by atoms with Crippen molar-refractivity contribution < 1.29 is 23.8 Å². The van der Waals surface area contributed by atoms with E-state index in [4.69, 9.17) is 16.3 Å². The number of aliphatic carboxylic acids is 1. The van der Waals surface area contributed by atoms with Gasteiger partial charge in [-0.1, -0.05) is 23.4 Å². The number of ketones is 1. The number of carboxylic acid groups (broad SMARTS) is 1. The van der Waals surface area contributed by atoms with Gasteiger partial charge in [0.05, 0.1) is 35.0 Å². The molecule has 182 valence electrons. The lowest BCUT2D eigenvalue weighted by atomic mass is 9.81. The number of halogens is 2. The molecule has 0 bridgehead atoms. The summed E-state index contributed by atoms with van der Waals surface area (Å²) in [5, 5.41) is 12.1. The Morgan fingerprint density at radius 2 is 2.20 bits per heavy atom. The lowest BCUT2D eigenvalue weighted by Gasteiger charge is -2.35. The topological polar surface area (TPSA) is 79.7 Å². The number of methoxy groups -OCH3 is 1. The van der Waals surface area contributed by atoms with Crippen LogP contribution in [0.5, 0.6) is 5.75 Å². The molecule has 1 fully saturated rings. The van der Waals surface area contributed by atoms with Gasteiger partial charge in [-0.3, -0.25) is 19.5 Å². The first kappa shape index (κ1) is 25.1. The van der Waals surface area contributed by atoms with E-state index < -0.39 is 11.9 Å². The van der Waals surface area contributed by atoms with E-state index in [-0.39, 0.29) is 29.0 Å². The van der Waals surface area contributed by atoms with Crippen molar-refractivity contribution in [3.05, 3.63) is 57.1 Å². The van der Waals surface area contributed by atoms with Gasteiger partial charge in [0, 0.05) is 41.6 Å². The quantitative estimate of drug-likeness (QED) is 0.347. The van der Waals surface area contributed by atoms with Crippen LogP contribution in [0.1, 0.15) is 34.5 Å². The number of carbonyl (C=O) groups is 2. The summed E-state index contributed by atoms with van der Waals surface area (Å²) >= 11 is 7.59. The molecule has 2 unspecified atom stereocenters. The molecule has 6 nitrogen and oxygen atoms in total. The van der Waals surface area contributed by atoms with Gasteiger partial charge in [0.25, 0.3) is 0 Å². The number of rotatable bonds is 7. The minimum atomic E-state index is -0.877. The van der Waals surface area contributed by atoms with Gasteiger partial charge in [-0.05, 0) is 43.5 Å². The molecule has 1 saturated heterocycles. The van der Waals surface area contributed by atoms with Crippen molar-refractivity contribution in [3.8, 4) is 17.6 Å². The highest BCUT2D eigenvalue weighted by Crippen LogP contribution is 2.32. The zero-order valence-electron chi connectivity index (χ0n) is 19.1. The van der Waals surface area contributed by atoms with Crippen LogP contribution in [-0.4, -0.2) is 53.5 Å². The number of aromatic nitrogens is 1. The summed E-state index contributed by atoms with van der Waals surface area (Å²) in [6.45, 7) is 1.46. The summed E-state index contributed by atoms with van der Waals surface area (Å²) in [6, 6.07) is 6.67. The van der Waals surface area contributed by atoms with Crippen LogP contribution >= 0.6 is 22.9 Å². The molecule has 0 saturated carbocycles. The molecule has 3 aromatic rings. The van der Waals surface area contributed by atoms with Gasteiger partial charge in [0.15, 0.2) is 5.78 Å². The lowest BCUT2D eigenvalue weighted by molar-refractivity contribution is -0.146. The zero-order valence-corrected chi connectivity index (χ0v) is 20.7. The molecule has 0 aliphatic carbocycles. The van der Waals surface area contributed by atoms with Crippen LogP contribution in [0.15, 0.2) is 35.8 Å². The third kappa shape index (κ3) is 5.99. The van der Waals surface area contributed by atoms with Crippen molar-refractivity contribution in [1.82, 2.24) is 9.88 Å². The maximum absolute atomic E-state index is 13.2. The molecule has 3 heterocycles. The van der Waals surface area contributed by atoms with E-state index in [0.717, 1.165) is 0 Å². The second-order valence-corrected chi connectivity index (χ2v) is 9.80. The van der Waals surface area contributed by atoms with E-state index in [9.17, 15) is 19.1 Å². The molecule has 2 atom stereocenters. The average molecular weight is 515 g/mol. The zero-order chi connectivity index (χ0) is 24.9. The highest BCUT2D eigenvalue weighted by atomic mass is 35.5. The van der Waals surface area contributed by atoms with Gasteiger partial charge in [0.1, 0.15) is 11.6 Å². The van der Waals surface area contributed by atoms with Crippen LogP contribution in [-0.2, 0) is 4.79 Å². The number of pyridine rings is 1.